The number of carbonyl (C=O) groups is 1. The van der Waals surface area contributed by atoms with Crippen molar-refractivity contribution in [1.82, 2.24) is 24.8 Å². The second-order valence-corrected chi connectivity index (χ2v) is 7.64. The van der Waals surface area contributed by atoms with E-state index in [1.807, 2.05) is 12.1 Å². The van der Waals surface area contributed by atoms with E-state index in [0.717, 1.165) is 23.2 Å². The third-order valence-electron chi connectivity index (χ3n) is 5.17. The maximum absolute atomic E-state index is 13.6. The first-order valence-electron chi connectivity index (χ1n) is 9.48. The van der Waals surface area contributed by atoms with E-state index in [9.17, 15) is 9.18 Å². The molecule has 1 N–H and O–H groups in total. The Morgan fingerprint density at radius 3 is 2.72 bits per heavy atom. The summed E-state index contributed by atoms with van der Waals surface area (Å²) in [6.45, 7) is 4.24. The number of benzene rings is 1. The molecule has 29 heavy (non-hydrogen) atoms. The number of aromatic nitrogens is 5. The number of H-pyrrole nitrogens is 1. The standard InChI is InChI=1S/C21H19FN6O/c1-12(2)9-16-18-19(26-25-16)21(29)28(20(18)13-3-5-14(22)6-4-13)15-7-8-17-23-11-24-27(17)10-15/h3-8,10-12,20H,9H2,1-2H3,(H,25,26)/t20-/m1/s1. The number of rotatable bonds is 4. The molecular weight excluding hydrogens is 371 g/mol. The molecule has 0 saturated heterocycles. The summed E-state index contributed by atoms with van der Waals surface area (Å²) in [6.07, 6.45) is 4.01. The number of hydrogen-bond donors (Lipinski definition) is 1. The molecule has 1 aliphatic heterocycles. The van der Waals surface area contributed by atoms with Crippen LogP contribution in [0, 0.1) is 11.7 Å². The maximum Gasteiger partial charge on any atom is 0.280 e. The molecule has 1 aromatic carbocycles. The van der Waals surface area contributed by atoms with Crippen LogP contribution in [0.2, 0.25) is 0 Å². The summed E-state index contributed by atoms with van der Waals surface area (Å²) >= 11 is 0. The highest BCUT2D eigenvalue weighted by Crippen LogP contribution is 2.42. The van der Waals surface area contributed by atoms with Crippen LogP contribution in [0.15, 0.2) is 48.9 Å². The van der Waals surface area contributed by atoms with E-state index >= 15 is 0 Å². The van der Waals surface area contributed by atoms with Crippen molar-refractivity contribution in [3.05, 3.63) is 77.3 Å². The van der Waals surface area contributed by atoms with E-state index in [4.69, 9.17) is 0 Å². The van der Waals surface area contributed by atoms with E-state index in [2.05, 4.69) is 34.1 Å². The second kappa shape index (κ2) is 6.51. The van der Waals surface area contributed by atoms with Crippen LogP contribution in [-0.2, 0) is 6.42 Å². The molecular formula is C21H19FN6O. The minimum Gasteiger partial charge on any atom is -0.294 e. The summed E-state index contributed by atoms with van der Waals surface area (Å²) in [5.41, 5.74) is 4.39. The van der Waals surface area contributed by atoms with Crippen molar-refractivity contribution in [3.8, 4) is 0 Å². The van der Waals surface area contributed by atoms with Crippen molar-refractivity contribution in [2.75, 3.05) is 4.90 Å². The molecule has 4 heterocycles. The number of hydrogen-bond acceptors (Lipinski definition) is 4. The van der Waals surface area contributed by atoms with Crippen molar-refractivity contribution < 1.29 is 9.18 Å². The van der Waals surface area contributed by atoms with Crippen molar-refractivity contribution in [2.24, 2.45) is 5.92 Å². The Hall–Kier alpha value is -3.55. The van der Waals surface area contributed by atoms with E-state index in [1.165, 1.54) is 18.5 Å². The molecule has 0 saturated carbocycles. The minimum atomic E-state index is -0.397. The SMILES string of the molecule is CC(C)Cc1[nH]nc2c1[C@@H](c1ccc(F)cc1)N(c1ccc3ncnn3c1)C2=O. The third kappa shape index (κ3) is 2.79. The van der Waals surface area contributed by atoms with Gasteiger partial charge in [0, 0.05) is 11.3 Å². The minimum absolute atomic E-state index is 0.194. The number of nitrogens with one attached hydrogen (secondary N) is 1. The summed E-state index contributed by atoms with van der Waals surface area (Å²) in [6, 6.07) is 9.53. The number of aromatic amines is 1. The van der Waals surface area contributed by atoms with Gasteiger partial charge in [0.1, 0.15) is 12.1 Å². The Bertz CT molecular complexity index is 1210. The Morgan fingerprint density at radius 1 is 1.17 bits per heavy atom. The number of anilines is 1. The van der Waals surface area contributed by atoms with Crippen molar-refractivity contribution >= 4 is 17.2 Å². The Morgan fingerprint density at radius 2 is 1.97 bits per heavy atom. The van der Waals surface area contributed by atoms with Gasteiger partial charge in [-0.1, -0.05) is 26.0 Å². The summed E-state index contributed by atoms with van der Waals surface area (Å²) in [5.74, 6) is -0.118. The average molecular weight is 390 g/mol. The Balaban J connectivity index is 1.69. The first-order chi connectivity index (χ1) is 14.0. The predicted octanol–water partition coefficient (Wildman–Crippen LogP) is 3.54. The van der Waals surface area contributed by atoms with Crippen LogP contribution in [0.3, 0.4) is 0 Å². The number of pyridine rings is 1. The zero-order chi connectivity index (χ0) is 20.1. The van der Waals surface area contributed by atoms with E-state index in [1.54, 1.807) is 27.7 Å². The highest BCUT2D eigenvalue weighted by molar-refractivity contribution is 6.10. The molecule has 3 aromatic heterocycles. The second-order valence-electron chi connectivity index (χ2n) is 7.64. The van der Waals surface area contributed by atoms with Gasteiger partial charge in [-0.2, -0.15) is 10.2 Å². The van der Waals surface area contributed by atoms with Gasteiger partial charge < -0.3 is 0 Å². The lowest BCUT2D eigenvalue weighted by Gasteiger charge is -2.26. The van der Waals surface area contributed by atoms with Crippen LogP contribution < -0.4 is 4.90 Å². The predicted molar refractivity (Wildman–Crippen MR) is 105 cm³/mol. The molecule has 4 aromatic rings. The normalized spacial score (nSPS) is 16.2. The summed E-state index contributed by atoms with van der Waals surface area (Å²) < 4.78 is 15.2. The molecule has 0 radical (unpaired) electrons. The van der Waals surface area contributed by atoms with Crippen LogP contribution in [0.1, 0.15) is 47.2 Å². The molecule has 0 fully saturated rings. The molecule has 146 valence electrons. The van der Waals surface area contributed by atoms with Gasteiger partial charge >= 0.3 is 0 Å². The monoisotopic (exact) mass is 390 g/mol. The lowest BCUT2D eigenvalue weighted by atomic mass is 9.95. The Kier molecular flexibility index (Phi) is 3.94. The average Bonchev–Trinajstić information content (AvgIpc) is 3.38. The molecule has 7 nitrogen and oxygen atoms in total. The van der Waals surface area contributed by atoms with Crippen LogP contribution in [0.25, 0.3) is 5.65 Å². The maximum atomic E-state index is 13.6. The molecule has 1 amide bonds. The van der Waals surface area contributed by atoms with Crippen LogP contribution in [0.5, 0.6) is 0 Å². The van der Waals surface area contributed by atoms with E-state index < -0.39 is 6.04 Å². The zero-order valence-corrected chi connectivity index (χ0v) is 16.0. The highest BCUT2D eigenvalue weighted by Gasteiger charge is 2.43. The molecule has 1 aliphatic rings. The number of nitrogens with zero attached hydrogens (tertiary/aromatic N) is 5. The fourth-order valence-electron chi connectivity index (χ4n) is 3.94. The zero-order valence-electron chi connectivity index (χ0n) is 16.0. The summed E-state index contributed by atoms with van der Waals surface area (Å²) in [7, 11) is 0. The number of fused-ring (bicyclic) bond motifs is 2. The van der Waals surface area contributed by atoms with Gasteiger partial charge in [-0.3, -0.25) is 14.8 Å². The smallest absolute Gasteiger partial charge is 0.280 e. The fourth-order valence-corrected chi connectivity index (χ4v) is 3.94. The third-order valence-corrected chi connectivity index (χ3v) is 5.17. The van der Waals surface area contributed by atoms with Gasteiger partial charge in [0.05, 0.1) is 17.9 Å². The van der Waals surface area contributed by atoms with Gasteiger partial charge in [0.25, 0.3) is 5.91 Å². The van der Waals surface area contributed by atoms with E-state index in [-0.39, 0.29) is 11.7 Å². The molecule has 0 spiro atoms. The lowest BCUT2D eigenvalue weighted by Crippen LogP contribution is -2.29. The van der Waals surface area contributed by atoms with Crippen molar-refractivity contribution in [1.29, 1.82) is 0 Å². The largest absolute Gasteiger partial charge is 0.294 e. The van der Waals surface area contributed by atoms with Gasteiger partial charge in [0.15, 0.2) is 11.3 Å². The van der Waals surface area contributed by atoms with Crippen molar-refractivity contribution in [2.45, 2.75) is 26.3 Å². The fraction of sp³-hybridized carbons (Fsp3) is 0.238. The topological polar surface area (TPSA) is 79.2 Å². The lowest BCUT2D eigenvalue weighted by molar-refractivity contribution is 0.0988. The van der Waals surface area contributed by atoms with Gasteiger partial charge in [-0.05, 0) is 42.2 Å². The van der Waals surface area contributed by atoms with Crippen LogP contribution in [-0.4, -0.2) is 30.7 Å². The molecule has 0 bridgehead atoms. The molecule has 1 atom stereocenters. The van der Waals surface area contributed by atoms with E-state index in [0.29, 0.717) is 22.9 Å². The first kappa shape index (κ1) is 17.5. The molecule has 8 heteroatoms. The highest BCUT2D eigenvalue weighted by atomic mass is 19.1. The number of halogens is 1. The summed E-state index contributed by atoms with van der Waals surface area (Å²) in [4.78, 5) is 19.2. The van der Waals surface area contributed by atoms with Gasteiger partial charge in [0.2, 0.25) is 0 Å². The Labute approximate surface area is 166 Å². The quantitative estimate of drug-likeness (QED) is 0.578. The van der Waals surface area contributed by atoms with Gasteiger partial charge in [-0.15, -0.1) is 0 Å². The number of carbonyl (C=O) groups excluding carboxylic acids is 1. The van der Waals surface area contributed by atoms with Gasteiger partial charge in [-0.25, -0.2) is 13.9 Å². The van der Waals surface area contributed by atoms with Crippen molar-refractivity contribution in [3.63, 3.8) is 0 Å². The summed E-state index contributed by atoms with van der Waals surface area (Å²) in [5, 5.41) is 11.5. The van der Waals surface area contributed by atoms with Crippen LogP contribution >= 0.6 is 0 Å². The first-order valence-corrected chi connectivity index (χ1v) is 9.48. The molecule has 0 aliphatic carbocycles. The number of amides is 1. The van der Waals surface area contributed by atoms with Crippen LogP contribution in [0.4, 0.5) is 10.1 Å². The molecule has 5 rings (SSSR count). The molecule has 0 unspecified atom stereocenters.